The molecule has 0 aromatic heterocycles. The zero-order chi connectivity index (χ0) is 45.1. The lowest BCUT2D eigenvalue weighted by Gasteiger charge is -2.38. The largest absolute Gasteiger partial charge is 0.462 e. The molecule has 0 spiro atoms. The molecular formula is C45H61N5O11. The summed E-state index contributed by atoms with van der Waals surface area (Å²) in [6, 6.07) is 0. The number of allylic oxidation sites excluding steroid dienone is 4. The summed E-state index contributed by atoms with van der Waals surface area (Å²) >= 11 is 0. The average Bonchev–Trinajstić information content (AvgIpc) is 3.49. The first-order valence-electron chi connectivity index (χ1n) is 20.8. The van der Waals surface area contributed by atoms with Crippen molar-refractivity contribution in [3.8, 4) is 5.75 Å². The van der Waals surface area contributed by atoms with E-state index in [1.54, 1.807) is 51.8 Å². The van der Waals surface area contributed by atoms with Gasteiger partial charge in [-0.3, -0.25) is 29.0 Å². The number of aliphatic hydroxyl groups excluding tert-OH is 2. The second-order valence-electron chi connectivity index (χ2n) is 16.6. The number of rotatable bonds is 6. The number of hydrazone groups is 1. The minimum Gasteiger partial charge on any atom is -0.462 e. The van der Waals surface area contributed by atoms with Crippen LogP contribution < -0.4 is 15.4 Å². The number of carbonyl (C=O) groups excluding carboxylic acids is 5. The minimum absolute atomic E-state index is 0.0515. The Morgan fingerprint density at radius 2 is 1.66 bits per heavy atom. The van der Waals surface area contributed by atoms with E-state index >= 15 is 0 Å². The van der Waals surface area contributed by atoms with E-state index in [1.807, 2.05) is 14.0 Å². The van der Waals surface area contributed by atoms with Crippen LogP contribution in [-0.4, -0.2) is 133 Å². The Morgan fingerprint density at radius 1 is 0.984 bits per heavy atom. The zero-order valence-corrected chi connectivity index (χ0v) is 37.0. The van der Waals surface area contributed by atoms with Crippen LogP contribution in [0.25, 0.3) is 0 Å². The fourth-order valence-electron chi connectivity index (χ4n) is 8.31. The molecule has 5 bridgehead atoms. The molecule has 1 aromatic rings. The maximum Gasteiger partial charge on any atom is 0.312 e. The van der Waals surface area contributed by atoms with Crippen LogP contribution in [0.2, 0.25) is 0 Å². The molecule has 1 fully saturated rings. The molecule has 1 saturated heterocycles. The summed E-state index contributed by atoms with van der Waals surface area (Å²) in [6.45, 7) is 17.5. The van der Waals surface area contributed by atoms with Crippen LogP contribution >= 0.6 is 0 Å². The third-order valence-corrected chi connectivity index (χ3v) is 12.2. The molecule has 5 aliphatic rings. The van der Waals surface area contributed by atoms with Gasteiger partial charge in [-0.2, -0.15) is 5.10 Å². The summed E-state index contributed by atoms with van der Waals surface area (Å²) in [6.07, 6.45) is 4.95. The molecule has 4 heterocycles. The molecule has 0 saturated carbocycles. The number of aliphatic hydroxyl groups is 2. The number of nitrogens with one attached hydrogen (secondary N) is 2. The van der Waals surface area contributed by atoms with Gasteiger partial charge in [0.1, 0.15) is 17.6 Å². The summed E-state index contributed by atoms with van der Waals surface area (Å²) in [7, 11) is 3.44. The molecule has 16 nitrogen and oxygen atoms in total. The molecule has 1 aromatic carbocycles. The average molecular weight is 848 g/mol. The Hall–Kier alpha value is -5.16. The molecule has 61 heavy (non-hydrogen) atoms. The van der Waals surface area contributed by atoms with Gasteiger partial charge in [-0.25, -0.2) is 0 Å². The van der Waals surface area contributed by atoms with Crippen molar-refractivity contribution in [1.29, 1.82) is 0 Å². The molecule has 9 atom stereocenters. The molecule has 1 amide bonds. The van der Waals surface area contributed by atoms with Gasteiger partial charge in [0.25, 0.3) is 11.7 Å². The van der Waals surface area contributed by atoms with E-state index in [0.29, 0.717) is 25.2 Å². The number of ether oxygens (including phenoxy) is 4. The number of carbonyl (C=O) groups is 5. The Labute approximate surface area is 357 Å². The molecule has 16 heteroatoms. The number of nitrogens with zero attached hydrogens (tertiary/aromatic N) is 3. The quantitative estimate of drug-likeness (QED) is 0.237. The van der Waals surface area contributed by atoms with Gasteiger partial charge in [-0.05, 0) is 33.9 Å². The molecule has 0 radical (unpaired) electrons. The summed E-state index contributed by atoms with van der Waals surface area (Å²) in [5, 5.41) is 35.1. The van der Waals surface area contributed by atoms with Gasteiger partial charge in [0.05, 0.1) is 58.7 Å². The van der Waals surface area contributed by atoms with Crippen LogP contribution in [0.3, 0.4) is 0 Å². The van der Waals surface area contributed by atoms with Gasteiger partial charge in [0, 0.05) is 88.5 Å². The van der Waals surface area contributed by atoms with E-state index in [1.165, 1.54) is 52.5 Å². The van der Waals surface area contributed by atoms with Crippen LogP contribution in [0.15, 0.2) is 52.5 Å². The number of ketones is 3. The van der Waals surface area contributed by atoms with Gasteiger partial charge in [-0.15, -0.1) is 0 Å². The van der Waals surface area contributed by atoms with E-state index in [0.717, 1.165) is 13.1 Å². The normalized spacial score (nSPS) is 32.5. The van der Waals surface area contributed by atoms with E-state index in [-0.39, 0.29) is 45.0 Å². The predicted octanol–water partition coefficient (Wildman–Crippen LogP) is 3.96. The van der Waals surface area contributed by atoms with Crippen molar-refractivity contribution in [3.05, 3.63) is 69.7 Å². The number of methoxy groups -OCH3 is 1. The Morgan fingerprint density at radius 3 is 2.28 bits per heavy atom. The van der Waals surface area contributed by atoms with Crippen molar-refractivity contribution >= 4 is 41.1 Å². The van der Waals surface area contributed by atoms with E-state index in [2.05, 4.69) is 20.6 Å². The number of fused-ring (bicyclic) bond motifs is 14. The smallest absolute Gasteiger partial charge is 0.312 e. The topological polar surface area (TPSA) is 206 Å². The lowest BCUT2D eigenvalue weighted by Crippen LogP contribution is -2.46. The maximum absolute atomic E-state index is 14.9. The second-order valence-corrected chi connectivity index (χ2v) is 16.6. The van der Waals surface area contributed by atoms with Crippen LogP contribution in [0.4, 0.5) is 5.69 Å². The SMILES string of the molecule is CCNc1c(C)c2c3c4c1C(=O)C(=C(/C=N/N1CCN(C)CC1)C4=O)NC(=O)/C(C)=C\C=C\[C@H](C)[C@H](O)[C@@H](C)[C@@H](O)[C@@H](C)[C@H](OC(C)=O)[C@H](C)[C@@H](OC)/C=C/O[C@@](C)(O2)C3=O. The number of anilines is 1. The highest BCUT2D eigenvalue weighted by Crippen LogP contribution is 2.48. The fourth-order valence-corrected chi connectivity index (χ4v) is 8.31. The zero-order valence-electron chi connectivity index (χ0n) is 37.0. The number of amides is 1. The van der Waals surface area contributed by atoms with Gasteiger partial charge < -0.3 is 44.7 Å². The van der Waals surface area contributed by atoms with Gasteiger partial charge >= 0.3 is 11.8 Å². The van der Waals surface area contributed by atoms with Crippen LogP contribution in [-0.2, 0) is 23.8 Å². The van der Waals surface area contributed by atoms with E-state index in [9.17, 15) is 34.2 Å². The van der Waals surface area contributed by atoms with Crippen molar-refractivity contribution < 1.29 is 53.1 Å². The lowest BCUT2D eigenvalue weighted by molar-refractivity contribution is -0.160. The number of esters is 1. The third kappa shape index (κ3) is 9.52. The Bertz CT molecular complexity index is 2070. The third-order valence-electron chi connectivity index (χ3n) is 12.2. The number of hydrogen-bond acceptors (Lipinski definition) is 15. The first kappa shape index (κ1) is 46.9. The molecular weight excluding hydrogens is 787 g/mol. The molecule has 4 N–H and O–H groups in total. The van der Waals surface area contributed by atoms with Crippen molar-refractivity contribution in [1.82, 2.24) is 15.2 Å². The fraction of sp³-hybridized carbons (Fsp3) is 0.556. The summed E-state index contributed by atoms with van der Waals surface area (Å²) < 4.78 is 23.9. The maximum atomic E-state index is 14.9. The second kappa shape index (κ2) is 19.3. The van der Waals surface area contributed by atoms with Gasteiger partial charge in [0.15, 0.2) is 5.78 Å². The van der Waals surface area contributed by atoms with E-state index in [4.69, 9.17) is 18.9 Å². The number of benzene rings is 1. The molecule has 332 valence electrons. The lowest BCUT2D eigenvalue weighted by atomic mass is 9.78. The van der Waals surface area contributed by atoms with Crippen molar-refractivity contribution in [2.75, 3.05) is 52.2 Å². The number of Topliss-reactive ketones (excluding diaryl/α,β-unsaturated/α-hetero) is 3. The molecule has 0 unspecified atom stereocenters. The molecule has 1 aliphatic carbocycles. The number of piperazine rings is 1. The highest BCUT2D eigenvalue weighted by molar-refractivity contribution is 6.38. The first-order valence-corrected chi connectivity index (χ1v) is 20.8. The highest BCUT2D eigenvalue weighted by Gasteiger charge is 2.52. The van der Waals surface area contributed by atoms with Gasteiger partial charge in [-0.1, -0.05) is 45.9 Å². The number of likely N-dealkylation sites (N-methyl/N-ethyl adjacent to an activating group) is 1. The van der Waals surface area contributed by atoms with Gasteiger partial charge in [0.2, 0.25) is 5.78 Å². The highest BCUT2D eigenvalue weighted by atomic mass is 16.7. The van der Waals surface area contributed by atoms with Crippen molar-refractivity contribution in [2.45, 2.75) is 92.5 Å². The minimum atomic E-state index is -2.01. The standard InChI is InChI=1S/C45H61N5O11/c1-12-46-35-26(5)42-34-32-33(35)40(55)36(30(39(32)54)22-47-50-19-17-49(10)18-20-50)48-44(57)24(3)15-13-14-23(2)37(52)27(6)38(53)28(7)41(60-29(8)51)25(4)31(58-11)16-21-59-45(9,61-42)43(34)56/h13-16,21-23,25,27-28,31,37-38,41,46,52-53H,12,17-20H2,1-11H3,(H,48,57)/b14-13+,21-16+,24-15-,47-22+/t23-,25+,27+,28+,31-,37-,38+,41+,45-/m0/s1. The summed E-state index contributed by atoms with van der Waals surface area (Å²) in [5.74, 6) is -7.82. The van der Waals surface area contributed by atoms with Crippen LogP contribution in [0, 0.1) is 30.6 Å². The van der Waals surface area contributed by atoms with Crippen LogP contribution in [0.5, 0.6) is 5.75 Å². The van der Waals surface area contributed by atoms with Crippen molar-refractivity contribution in [2.24, 2.45) is 28.8 Å². The predicted molar refractivity (Wildman–Crippen MR) is 228 cm³/mol. The number of hydrogen-bond donors (Lipinski definition) is 4. The Kier molecular flexibility index (Phi) is 14.8. The Balaban J connectivity index is 1.69. The summed E-state index contributed by atoms with van der Waals surface area (Å²) in [4.78, 5) is 72.7. The molecule has 4 aliphatic heterocycles. The summed E-state index contributed by atoms with van der Waals surface area (Å²) in [5.41, 5.74) is -0.146. The molecule has 6 rings (SSSR count). The monoisotopic (exact) mass is 847 g/mol. The van der Waals surface area contributed by atoms with Crippen LogP contribution in [0.1, 0.15) is 92.0 Å². The van der Waals surface area contributed by atoms with E-state index < -0.39 is 83.1 Å². The first-order chi connectivity index (χ1) is 28.8. The van der Waals surface area contributed by atoms with Crippen molar-refractivity contribution in [3.63, 3.8) is 0 Å².